The molecular formula is C18H17N5O2S. The minimum absolute atomic E-state index is 0.115. The monoisotopic (exact) mass is 367 g/mol. The van der Waals surface area contributed by atoms with Crippen LogP contribution in [0.25, 0.3) is 0 Å². The molecule has 0 atom stereocenters. The van der Waals surface area contributed by atoms with Crippen LogP contribution in [0.5, 0.6) is 0 Å². The third-order valence-corrected chi connectivity index (χ3v) is 5.22. The zero-order chi connectivity index (χ0) is 18.1. The molecule has 2 N–H and O–H groups in total. The molecule has 2 aromatic heterocycles. The predicted octanol–water partition coefficient (Wildman–Crippen LogP) is 1.69. The lowest BCUT2D eigenvalue weighted by molar-refractivity contribution is 0.0701. The normalized spacial score (nSPS) is 13.5. The molecule has 1 aliphatic rings. The number of nitrogens with zero attached hydrogens (tertiary/aromatic N) is 4. The first-order valence-corrected chi connectivity index (χ1v) is 9.11. The Labute approximate surface area is 154 Å². The average molecular weight is 367 g/mol. The van der Waals surface area contributed by atoms with Crippen LogP contribution in [0, 0.1) is 0 Å². The van der Waals surface area contributed by atoms with Gasteiger partial charge in [0.25, 0.3) is 11.8 Å². The van der Waals surface area contributed by atoms with Crippen molar-refractivity contribution in [3.63, 3.8) is 0 Å². The van der Waals surface area contributed by atoms with Crippen LogP contribution in [0.15, 0.2) is 41.9 Å². The fourth-order valence-corrected chi connectivity index (χ4v) is 3.86. The lowest BCUT2D eigenvalue weighted by Gasteiger charge is -2.27. The van der Waals surface area contributed by atoms with Crippen LogP contribution in [0.1, 0.15) is 37.4 Å². The number of fused-ring (bicyclic) bond motifs is 1. The highest BCUT2D eigenvalue weighted by Gasteiger charge is 2.26. The Hall–Kier alpha value is -3.00. The molecule has 3 aromatic rings. The van der Waals surface area contributed by atoms with E-state index in [0.717, 1.165) is 5.01 Å². The SMILES string of the molecule is NC(=O)c1cnc2n1CCN(C(=O)c1csc(Cc3ccccc3)n1)C2. The summed E-state index contributed by atoms with van der Waals surface area (Å²) in [6.07, 6.45) is 2.18. The first-order valence-electron chi connectivity index (χ1n) is 8.23. The maximum Gasteiger partial charge on any atom is 0.273 e. The molecule has 0 unspecified atom stereocenters. The molecule has 2 amide bonds. The maximum absolute atomic E-state index is 12.8. The molecule has 26 heavy (non-hydrogen) atoms. The van der Waals surface area contributed by atoms with Crippen molar-refractivity contribution < 1.29 is 9.59 Å². The van der Waals surface area contributed by atoms with Gasteiger partial charge >= 0.3 is 0 Å². The molecule has 0 aliphatic carbocycles. The third kappa shape index (κ3) is 3.11. The molecule has 0 fully saturated rings. The van der Waals surface area contributed by atoms with Crippen molar-refractivity contribution in [3.05, 3.63) is 69.7 Å². The van der Waals surface area contributed by atoms with Gasteiger partial charge in [-0.1, -0.05) is 30.3 Å². The number of hydrogen-bond acceptors (Lipinski definition) is 5. The molecule has 7 nitrogen and oxygen atoms in total. The van der Waals surface area contributed by atoms with Crippen LogP contribution >= 0.6 is 11.3 Å². The van der Waals surface area contributed by atoms with Crippen LogP contribution in [0.2, 0.25) is 0 Å². The first kappa shape index (κ1) is 16.5. The highest BCUT2D eigenvalue weighted by Crippen LogP contribution is 2.19. The number of benzene rings is 1. The fourth-order valence-electron chi connectivity index (χ4n) is 3.05. The topological polar surface area (TPSA) is 94.1 Å². The van der Waals surface area contributed by atoms with Crippen molar-refractivity contribution in [3.8, 4) is 0 Å². The molecule has 3 heterocycles. The number of nitrogens with two attached hydrogens (primary N) is 1. The number of carbonyl (C=O) groups excluding carboxylic acids is 2. The van der Waals surface area contributed by atoms with E-state index in [4.69, 9.17) is 5.73 Å². The summed E-state index contributed by atoms with van der Waals surface area (Å²) >= 11 is 1.49. The van der Waals surface area contributed by atoms with Gasteiger partial charge in [0.15, 0.2) is 0 Å². The number of aromatic nitrogens is 3. The van der Waals surface area contributed by atoms with Gasteiger partial charge in [-0.3, -0.25) is 9.59 Å². The van der Waals surface area contributed by atoms with Gasteiger partial charge < -0.3 is 15.2 Å². The highest BCUT2D eigenvalue weighted by molar-refractivity contribution is 7.09. The van der Waals surface area contributed by atoms with Crippen molar-refractivity contribution in [1.82, 2.24) is 19.4 Å². The lowest BCUT2D eigenvalue weighted by Crippen LogP contribution is -2.39. The highest BCUT2D eigenvalue weighted by atomic mass is 32.1. The Morgan fingerprint density at radius 1 is 1.19 bits per heavy atom. The number of thiazole rings is 1. The van der Waals surface area contributed by atoms with E-state index < -0.39 is 5.91 Å². The van der Waals surface area contributed by atoms with Crippen LogP contribution in [0.3, 0.4) is 0 Å². The van der Waals surface area contributed by atoms with Gasteiger partial charge in [-0.25, -0.2) is 9.97 Å². The second kappa shape index (κ2) is 6.72. The van der Waals surface area contributed by atoms with Gasteiger partial charge in [-0.2, -0.15) is 0 Å². The quantitative estimate of drug-likeness (QED) is 0.759. The number of primary amides is 1. The molecule has 0 spiro atoms. The van der Waals surface area contributed by atoms with E-state index in [1.807, 2.05) is 30.3 Å². The summed E-state index contributed by atoms with van der Waals surface area (Å²) in [5, 5.41) is 2.71. The molecule has 0 saturated carbocycles. The predicted molar refractivity (Wildman–Crippen MR) is 96.8 cm³/mol. The molecule has 1 aliphatic heterocycles. The number of amides is 2. The van der Waals surface area contributed by atoms with Gasteiger partial charge in [0.2, 0.25) is 0 Å². The van der Waals surface area contributed by atoms with E-state index in [1.54, 1.807) is 14.8 Å². The van der Waals surface area contributed by atoms with E-state index >= 15 is 0 Å². The Morgan fingerprint density at radius 2 is 2.00 bits per heavy atom. The molecule has 4 rings (SSSR count). The second-order valence-corrected chi connectivity index (χ2v) is 7.03. The number of hydrogen-bond donors (Lipinski definition) is 1. The first-order chi connectivity index (χ1) is 12.6. The van der Waals surface area contributed by atoms with Gasteiger partial charge in [0, 0.05) is 24.9 Å². The van der Waals surface area contributed by atoms with E-state index in [0.29, 0.717) is 43.3 Å². The minimum atomic E-state index is -0.506. The van der Waals surface area contributed by atoms with Crippen molar-refractivity contribution >= 4 is 23.2 Å². The summed E-state index contributed by atoms with van der Waals surface area (Å²) in [6.45, 7) is 1.34. The van der Waals surface area contributed by atoms with Gasteiger partial charge in [-0.15, -0.1) is 11.3 Å². The molecule has 8 heteroatoms. The van der Waals surface area contributed by atoms with E-state index in [-0.39, 0.29) is 5.91 Å². The Kier molecular flexibility index (Phi) is 4.26. The van der Waals surface area contributed by atoms with Crippen molar-refractivity contribution in [2.24, 2.45) is 5.73 Å². The van der Waals surface area contributed by atoms with Crippen LogP contribution < -0.4 is 5.73 Å². The fraction of sp³-hybridized carbons (Fsp3) is 0.222. The molecule has 1 aromatic carbocycles. The summed E-state index contributed by atoms with van der Waals surface area (Å²) in [5.41, 5.74) is 7.35. The third-order valence-electron chi connectivity index (χ3n) is 4.37. The van der Waals surface area contributed by atoms with E-state index in [9.17, 15) is 9.59 Å². The summed E-state index contributed by atoms with van der Waals surface area (Å²) in [7, 11) is 0. The summed E-state index contributed by atoms with van der Waals surface area (Å²) in [6, 6.07) is 10.0. The van der Waals surface area contributed by atoms with Crippen LogP contribution in [-0.4, -0.2) is 37.8 Å². The number of carbonyl (C=O) groups is 2. The molecule has 0 radical (unpaired) electrons. The van der Waals surface area contributed by atoms with Gasteiger partial charge in [-0.05, 0) is 5.56 Å². The summed E-state index contributed by atoms with van der Waals surface area (Å²) in [5.74, 6) is 0.0437. The molecule has 0 saturated heterocycles. The lowest BCUT2D eigenvalue weighted by atomic mass is 10.2. The summed E-state index contributed by atoms with van der Waals surface area (Å²) < 4.78 is 1.77. The van der Waals surface area contributed by atoms with Crippen molar-refractivity contribution in [1.29, 1.82) is 0 Å². The van der Waals surface area contributed by atoms with E-state index in [1.165, 1.54) is 23.1 Å². The van der Waals surface area contributed by atoms with Gasteiger partial charge in [0.1, 0.15) is 17.2 Å². The molecule has 132 valence electrons. The Balaban J connectivity index is 1.47. The minimum Gasteiger partial charge on any atom is -0.364 e. The second-order valence-electron chi connectivity index (χ2n) is 6.09. The van der Waals surface area contributed by atoms with Crippen molar-refractivity contribution in [2.75, 3.05) is 6.54 Å². The van der Waals surface area contributed by atoms with E-state index in [2.05, 4.69) is 9.97 Å². The smallest absolute Gasteiger partial charge is 0.273 e. The molecule has 0 bridgehead atoms. The van der Waals surface area contributed by atoms with Crippen LogP contribution in [0.4, 0.5) is 0 Å². The standard InChI is InChI=1S/C18H17N5O2S/c19-17(24)14-9-20-15-10-22(6-7-23(14)15)18(25)13-11-26-16(21-13)8-12-4-2-1-3-5-12/h1-5,9,11H,6-8,10H2,(H2,19,24). The zero-order valence-electron chi connectivity index (χ0n) is 14.0. The largest absolute Gasteiger partial charge is 0.364 e. The maximum atomic E-state index is 12.8. The summed E-state index contributed by atoms with van der Waals surface area (Å²) in [4.78, 5) is 34.6. The van der Waals surface area contributed by atoms with Crippen molar-refractivity contribution in [2.45, 2.75) is 19.5 Å². The number of rotatable bonds is 4. The Morgan fingerprint density at radius 3 is 2.77 bits per heavy atom. The van der Waals surface area contributed by atoms with Gasteiger partial charge in [0.05, 0.1) is 17.7 Å². The van der Waals surface area contributed by atoms with Crippen LogP contribution in [-0.2, 0) is 19.5 Å². The molecular weight excluding hydrogens is 350 g/mol. The number of imidazole rings is 1. The zero-order valence-corrected chi connectivity index (χ0v) is 14.8. The average Bonchev–Trinajstić information content (AvgIpc) is 3.28. The Bertz CT molecular complexity index is 963.